The molecule has 0 spiro atoms. The Morgan fingerprint density at radius 2 is 2.04 bits per heavy atom. The van der Waals surface area contributed by atoms with Crippen LogP contribution in [0.2, 0.25) is 5.02 Å². The largest absolute Gasteiger partial charge is 0.335 e. The molecule has 4 nitrogen and oxygen atoms in total. The minimum atomic E-state index is 0.258. The number of benzene rings is 2. The molecule has 1 atom stereocenters. The molecule has 0 radical (unpaired) electrons. The predicted molar refractivity (Wildman–Crippen MR) is 122 cm³/mol. The van der Waals surface area contributed by atoms with Gasteiger partial charge in [-0.3, -0.25) is 9.98 Å². The molecule has 2 aromatic carbocycles. The molecule has 0 saturated heterocycles. The number of nitrogens with one attached hydrogen (secondary N) is 1. The number of halogens is 1. The molecule has 0 fully saturated rings. The third-order valence-corrected chi connectivity index (χ3v) is 7.23. The maximum atomic E-state index is 6.32. The number of para-hydroxylation sites is 1. The summed E-state index contributed by atoms with van der Waals surface area (Å²) in [7, 11) is 0. The Hall–Kier alpha value is -1.89. The lowest BCUT2D eigenvalue weighted by atomic mass is 10.1. The van der Waals surface area contributed by atoms with Crippen LogP contribution >= 0.6 is 35.1 Å². The molecule has 28 heavy (non-hydrogen) atoms. The highest BCUT2D eigenvalue weighted by Crippen LogP contribution is 2.35. The van der Waals surface area contributed by atoms with Crippen LogP contribution in [0.5, 0.6) is 0 Å². The van der Waals surface area contributed by atoms with Crippen molar-refractivity contribution in [1.29, 1.82) is 0 Å². The highest BCUT2D eigenvalue weighted by molar-refractivity contribution is 8.17. The van der Waals surface area contributed by atoms with Crippen molar-refractivity contribution in [2.75, 3.05) is 17.6 Å². The van der Waals surface area contributed by atoms with Gasteiger partial charge >= 0.3 is 0 Å². The van der Waals surface area contributed by atoms with E-state index < -0.39 is 0 Å². The second kappa shape index (κ2) is 7.85. The molecular weight excluding hydrogens is 408 g/mol. The van der Waals surface area contributed by atoms with Crippen LogP contribution in [0.4, 0.5) is 5.69 Å². The molecule has 0 aliphatic carbocycles. The molecule has 0 amide bonds. The van der Waals surface area contributed by atoms with Crippen LogP contribution in [0, 0.1) is 0 Å². The maximum Gasteiger partial charge on any atom is 0.168 e. The topological polar surface area (TPSA) is 40.0 Å². The van der Waals surface area contributed by atoms with Crippen LogP contribution in [0.3, 0.4) is 0 Å². The molecule has 142 valence electrons. The summed E-state index contributed by atoms with van der Waals surface area (Å²) in [6.07, 6.45) is 0.881. The van der Waals surface area contributed by atoms with E-state index in [2.05, 4.69) is 50.9 Å². The summed E-state index contributed by atoms with van der Waals surface area (Å²) in [6.45, 7) is 1.67. The van der Waals surface area contributed by atoms with Gasteiger partial charge in [0.25, 0.3) is 0 Å². The zero-order valence-electron chi connectivity index (χ0n) is 15.1. The number of nitrogens with zero attached hydrogens (tertiary/aromatic N) is 3. The van der Waals surface area contributed by atoms with Crippen molar-refractivity contribution in [3.63, 3.8) is 0 Å². The van der Waals surface area contributed by atoms with Crippen LogP contribution in [-0.4, -0.2) is 33.6 Å². The van der Waals surface area contributed by atoms with Crippen LogP contribution in [0.1, 0.15) is 11.1 Å². The van der Waals surface area contributed by atoms with Gasteiger partial charge in [-0.1, -0.05) is 71.5 Å². The Labute approximate surface area is 178 Å². The summed E-state index contributed by atoms with van der Waals surface area (Å²) in [5.74, 6) is 0.888. The lowest BCUT2D eigenvalue weighted by Crippen LogP contribution is -2.26. The fourth-order valence-corrected chi connectivity index (χ4v) is 5.69. The van der Waals surface area contributed by atoms with E-state index >= 15 is 0 Å². The van der Waals surface area contributed by atoms with Crippen molar-refractivity contribution in [1.82, 2.24) is 4.90 Å². The van der Waals surface area contributed by atoms with Crippen LogP contribution in [0.15, 0.2) is 69.6 Å². The Kier molecular flexibility index (Phi) is 5.09. The van der Waals surface area contributed by atoms with Gasteiger partial charge in [-0.05, 0) is 35.1 Å². The van der Waals surface area contributed by atoms with Gasteiger partial charge in [0.05, 0.1) is 12.6 Å². The second-order valence-corrected chi connectivity index (χ2v) is 9.10. The van der Waals surface area contributed by atoms with Gasteiger partial charge in [-0.15, -0.1) is 0 Å². The van der Waals surface area contributed by atoms with Crippen molar-refractivity contribution < 1.29 is 0 Å². The quantitative estimate of drug-likeness (QED) is 0.727. The number of rotatable bonds is 4. The highest BCUT2D eigenvalue weighted by atomic mass is 35.5. The van der Waals surface area contributed by atoms with Crippen LogP contribution < -0.4 is 5.32 Å². The third kappa shape index (κ3) is 3.69. The summed E-state index contributed by atoms with van der Waals surface area (Å²) in [4.78, 5) is 11.9. The van der Waals surface area contributed by atoms with Crippen molar-refractivity contribution in [2.24, 2.45) is 9.98 Å². The Morgan fingerprint density at radius 3 is 2.96 bits per heavy atom. The minimum absolute atomic E-state index is 0.258. The van der Waals surface area contributed by atoms with Gasteiger partial charge in [0.2, 0.25) is 0 Å². The first kappa shape index (κ1) is 18.2. The molecule has 3 aliphatic heterocycles. The van der Waals surface area contributed by atoms with Crippen molar-refractivity contribution >= 4 is 51.1 Å². The lowest BCUT2D eigenvalue weighted by Gasteiger charge is -2.21. The van der Waals surface area contributed by atoms with Crippen LogP contribution in [0.25, 0.3) is 0 Å². The molecule has 1 N–H and O–H groups in total. The van der Waals surface area contributed by atoms with Crippen LogP contribution in [-0.2, 0) is 13.0 Å². The maximum absolute atomic E-state index is 6.32. The van der Waals surface area contributed by atoms with E-state index in [0.29, 0.717) is 0 Å². The molecule has 3 aliphatic rings. The van der Waals surface area contributed by atoms with E-state index in [0.717, 1.165) is 46.3 Å². The standard InChI is InChI=1S/C21H19ClN4S2/c22-18-7-3-1-5-14(18)9-16-11-26-17(13-28-21(26)24-16)12-27-20-23-10-15-6-2-4-8-19(15)25-20/h1-8,13,16H,9-12H2,(H,23,25). The summed E-state index contributed by atoms with van der Waals surface area (Å²) in [5, 5.41) is 8.59. The summed E-state index contributed by atoms with van der Waals surface area (Å²) in [6, 6.07) is 16.7. The Bertz CT molecular complexity index is 1000. The van der Waals surface area contributed by atoms with Crippen molar-refractivity contribution in [3.05, 3.63) is 75.8 Å². The number of hydrogen-bond acceptors (Lipinski definition) is 6. The third-order valence-electron chi connectivity index (χ3n) is 4.99. The summed E-state index contributed by atoms with van der Waals surface area (Å²) in [5.41, 5.74) is 4.89. The van der Waals surface area contributed by atoms with Gasteiger partial charge in [0, 0.05) is 28.7 Å². The van der Waals surface area contributed by atoms with Gasteiger partial charge in [-0.25, -0.2) is 0 Å². The smallest absolute Gasteiger partial charge is 0.168 e. The minimum Gasteiger partial charge on any atom is -0.335 e. The Morgan fingerprint density at radius 1 is 1.18 bits per heavy atom. The molecule has 2 aromatic rings. The number of fused-ring (bicyclic) bond motifs is 2. The van der Waals surface area contributed by atoms with Gasteiger partial charge in [-0.2, -0.15) is 0 Å². The van der Waals surface area contributed by atoms with E-state index in [1.54, 1.807) is 23.5 Å². The number of anilines is 1. The molecule has 0 aromatic heterocycles. The van der Waals surface area contributed by atoms with Crippen molar-refractivity contribution in [2.45, 2.75) is 19.0 Å². The second-order valence-electron chi connectivity index (χ2n) is 6.89. The number of hydrogen-bond donors (Lipinski definition) is 1. The average Bonchev–Trinajstić information content (AvgIpc) is 3.28. The van der Waals surface area contributed by atoms with Gasteiger partial charge in [0.15, 0.2) is 10.3 Å². The lowest BCUT2D eigenvalue weighted by molar-refractivity contribution is 0.512. The first-order chi connectivity index (χ1) is 13.8. The summed E-state index contributed by atoms with van der Waals surface area (Å²) >= 11 is 9.80. The van der Waals surface area contributed by atoms with E-state index in [9.17, 15) is 0 Å². The van der Waals surface area contributed by atoms with E-state index in [1.807, 2.05) is 18.2 Å². The monoisotopic (exact) mass is 426 g/mol. The first-order valence-corrected chi connectivity index (χ1v) is 11.5. The molecule has 1 unspecified atom stereocenters. The molecule has 7 heteroatoms. The van der Waals surface area contributed by atoms with E-state index in [4.69, 9.17) is 16.6 Å². The number of thioether (sulfide) groups is 2. The predicted octanol–water partition coefficient (Wildman–Crippen LogP) is 5.23. The SMILES string of the molecule is Clc1ccccc1CC1CN2C(CSC3=NCc4ccccc4N3)=CSC2=N1. The molecule has 5 rings (SSSR count). The van der Waals surface area contributed by atoms with Gasteiger partial charge in [0.1, 0.15) is 0 Å². The normalized spacial score (nSPS) is 20.1. The zero-order chi connectivity index (χ0) is 18.9. The van der Waals surface area contributed by atoms with E-state index in [-0.39, 0.29) is 6.04 Å². The Balaban J connectivity index is 1.18. The number of aliphatic imine (C=N–C) groups is 2. The first-order valence-electron chi connectivity index (χ1n) is 9.23. The average molecular weight is 427 g/mol. The molecule has 3 heterocycles. The van der Waals surface area contributed by atoms with Crippen molar-refractivity contribution in [3.8, 4) is 0 Å². The number of amidine groups is 2. The molecule has 0 bridgehead atoms. The van der Waals surface area contributed by atoms with Gasteiger partial charge < -0.3 is 10.2 Å². The highest BCUT2D eigenvalue weighted by Gasteiger charge is 2.32. The van der Waals surface area contributed by atoms with E-state index in [1.165, 1.54) is 16.8 Å². The fourth-order valence-electron chi connectivity index (χ4n) is 3.53. The summed E-state index contributed by atoms with van der Waals surface area (Å²) < 4.78 is 0. The zero-order valence-corrected chi connectivity index (χ0v) is 17.5. The molecule has 0 saturated carbocycles. The fraction of sp³-hybridized carbons (Fsp3) is 0.238. The molecular formula is C21H19ClN4S2.